The molecule has 1 aromatic rings. The van der Waals surface area contributed by atoms with Crippen LogP contribution in [0.2, 0.25) is 0 Å². The molecule has 1 amide bonds. The Kier molecular flexibility index (Phi) is 8.38. The van der Waals surface area contributed by atoms with Crippen molar-refractivity contribution in [3.05, 3.63) is 46.5 Å². The molecule has 0 saturated heterocycles. The van der Waals surface area contributed by atoms with Crippen molar-refractivity contribution in [1.82, 2.24) is 5.32 Å². The summed E-state index contributed by atoms with van der Waals surface area (Å²) in [5.41, 5.74) is 0.761. The molecule has 0 aliphatic carbocycles. The maximum atomic E-state index is 12.0. The molecule has 1 N–H and O–H groups in total. The SMILES string of the molecule is CCC/C=C\[C@@H](CCc1ccccc1Br)NC(=O)OC(C)(C)C. The van der Waals surface area contributed by atoms with Gasteiger partial charge in [0.05, 0.1) is 6.04 Å². The largest absolute Gasteiger partial charge is 0.444 e. The number of unbranched alkanes of at least 4 members (excludes halogenated alkanes) is 1. The van der Waals surface area contributed by atoms with E-state index in [0.29, 0.717) is 0 Å². The van der Waals surface area contributed by atoms with Crippen LogP contribution in [0.4, 0.5) is 4.79 Å². The Labute approximate surface area is 148 Å². The normalized spacial score (nSPS) is 13.1. The molecule has 0 aliphatic rings. The van der Waals surface area contributed by atoms with Gasteiger partial charge in [-0.2, -0.15) is 0 Å². The lowest BCUT2D eigenvalue weighted by atomic mass is 10.0. The summed E-state index contributed by atoms with van der Waals surface area (Å²) in [5.74, 6) is 0. The van der Waals surface area contributed by atoms with E-state index < -0.39 is 5.60 Å². The highest BCUT2D eigenvalue weighted by Gasteiger charge is 2.18. The third kappa shape index (κ3) is 8.80. The van der Waals surface area contributed by atoms with E-state index in [0.717, 1.165) is 30.2 Å². The second kappa shape index (κ2) is 9.76. The van der Waals surface area contributed by atoms with Crippen LogP contribution < -0.4 is 5.32 Å². The third-order valence-corrected chi connectivity index (χ3v) is 3.98. The molecular formula is C19H28BrNO2. The summed E-state index contributed by atoms with van der Waals surface area (Å²) < 4.78 is 6.46. The quantitative estimate of drug-likeness (QED) is 0.621. The van der Waals surface area contributed by atoms with Crippen LogP contribution in [0.25, 0.3) is 0 Å². The van der Waals surface area contributed by atoms with Gasteiger partial charge >= 0.3 is 6.09 Å². The Morgan fingerprint density at radius 3 is 2.65 bits per heavy atom. The van der Waals surface area contributed by atoms with Crippen molar-refractivity contribution in [2.45, 2.75) is 65.0 Å². The standard InChI is InChI=1S/C19H28BrNO2/c1-5-6-7-11-16(21-18(22)23-19(2,3)4)14-13-15-10-8-9-12-17(15)20/h7-12,16H,5-6,13-14H2,1-4H3,(H,21,22)/b11-7-/t16-/m0/s1. The van der Waals surface area contributed by atoms with Crippen LogP contribution in [-0.4, -0.2) is 17.7 Å². The number of hydrogen-bond donors (Lipinski definition) is 1. The van der Waals surface area contributed by atoms with Gasteiger partial charge in [-0.05, 0) is 51.7 Å². The predicted molar refractivity (Wildman–Crippen MR) is 99.7 cm³/mol. The number of benzene rings is 1. The minimum atomic E-state index is -0.482. The van der Waals surface area contributed by atoms with Crippen LogP contribution in [0.5, 0.6) is 0 Å². The zero-order valence-corrected chi connectivity index (χ0v) is 16.2. The van der Waals surface area contributed by atoms with Gasteiger partial charge in [-0.15, -0.1) is 0 Å². The zero-order chi connectivity index (χ0) is 17.3. The number of rotatable bonds is 7. The second-order valence-electron chi connectivity index (χ2n) is 6.60. The second-order valence-corrected chi connectivity index (χ2v) is 7.45. The lowest BCUT2D eigenvalue weighted by Gasteiger charge is -2.22. The summed E-state index contributed by atoms with van der Waals surface area (Å²) in [6, 6.07) is 8.15. The van der Waals surface area contributed by atoms with E-state index in [-0.39, 0.29) is 12.1 Å². The van der Waals surface area contributed by atoms with E-state index in [9.17, 15) is 4.79 Å². The van der Waals surface area contributed by atoms with E-state index in [2.05, 4.69) is 46.4 Å². The number of halogens is 1. The number of nitrogens with one attached hydrogen (secondary N) is 1. The molecule has 0 spiro atoms. The number of allylic oxidation sites excluding steroid dienone is 1. The van der Waals surface area contributed by atoms with Crippen molar-refractivity contribution in [2.75, 3.05) is 0 Å². The lowest BCUT2D eigenvalue weighted by molar-refractivity contribution is 0.0512. The third-order valence-electron chi connectivity index (χ3n) is 3.21. The molecule has 0 aliphatic heterocycles. The van der Waals surface area contributed by atoms with Gasteiger partial charge in [0.2, 0.25) is 0 Å². The van der Waals surface area contributed by atoms with Crippen molar-refractivity contribution in [3.8, 4) is 0 Å². The first-order valence-electron chi connectivity index (χ1n) is 8.21. The van der Waals surface area contributed by atoms with Gasteiger partial charge in [-0.3, -0.25) is 0 Å². The van der Waals surface area contributed by atoms with Crippen LogP contribution in [0, 0.1) is 0 Å². The Morgan fingerprint density at radius 2 is 2.04 bits per heavy atom. The van der Waals surface area contributed by atoms with Gasteiger partial charge in [0.15, 0.2) is 0 Å². The van der Waals surface area contributed by atoms with Crippen LogP contribution in [0.1, 0.15) is 52.5 Å². The number of carbonyl (C=O) groups excluding carboxylic acids is 1. The van der Waals surface area contributed by atoms with Crippen molar-refractivity contribution >= 4 is 22.0 Å². The van der Waals surface area contributed by atoms with Crippen molar-refractivity contribution < 1.29 is 9.53 Å². The molecule has 0 radical (unpaired) electrons. The molecule has 0 saturated carbocycles. The van der Waals surface area contributed by atoms with E-state index in [1.807, 2.05) is 39.0 Å². The highest BCUT2D eigenvalue weighted by molar-refractivity contribution is 9.10. The molecule has 23 heavy (non-hydrogen) atoms. The average molecular weight is 382 g/mol. The van der Waals surface area contributed by atoms with Gasteiger partial charge in [0.25, 0.3) is 0 Å². The Balaban J connectivity index is 2.65. The molecule has 1 aromatic carbocycles. The maximum Gasteiger partial charge on any atom is 0.408 e. The molecule has 1 atom stereocenters. The summed E-state index contributed by atoms with van der Waals surface area (Å²) >= 11 is 3.57. The first-order chi connectivity index (χ1) is 10.8. The Morgan fingerprint density at radius 1 is 1.35 bits per heavy atom. The lowest BCUT2D eigenvalue weighted by Crippen LogP contribution is -2.38. The molecular weight excluding hydrogens is 354 g/mol. The van der Waals surface area contributed by atoms with Gasteiger partial charge in [-0.25, -0.2) is 4.79 Å². The average Bonchev–Trinajstić information content (AvgIpc) is 2.44. The molecule has 3 nitrogen and oxygen atoms in total. The van der Waals surface area contributed by atoms with E-state index in [4.69, 9.17) is 4.74 Å². The van der Waals surface area contributed by atoms with Crippen LogP contribution in [0.3, 0.4) is 0 Å². The minimum absolute atomic E-state index is 0.0245. The summed E-state index contributed by atoms with van der Waals surface area (Å²) in [6.45, 7) is 7.75. The minimum Gasteiger partial charge on any atom is -0.444 e. The first kappa shape index (κ1) is 19.8. The topological polar surface area (TPSA) is 38.3 Å². The van der Waals surface area contributed by atoms with Gasteiger partial charge in [-0.1, -0.05) is 59.6 Å². The molecule has 0 aromatic heterocycles. The Bertz CT molecular complexity index is 520. The first-order valence-corrected chi connectivity index (χ1v) is 9.00. The highest BCUT2D eigenvalue weighted by atomic mass is 79.9. The van der Waals surface area contributed by atoms with Crippen molar-refractivity contribution in [2.24, 2.45) is 0 Å². The van der Waals surface area contributed by atoms with Crippen molar-refractivity contribution in [3.63, 3.8) is 0 Å². The maximum absolute atomic E-state index is 12.0. The molecule has 0 fully saturated rings. The van der Waals surface area contributed by atoms with Crippen LogP contribution in [-0.2, 0) is 11.2 Å². The summed E-state index contributed by atoms with van der Waals surface area (Å²) in [5, 5.41) is 2.96. The number of amides is 1. The number of carbonyl (C=O) groups is 1. The highest BCUT2D eigenvalue weighted by Crippen LogP contribution is 2.18. The van der Waals surface area contributed by atoms with Gasteiger partial charge < -0.3 is 10.1 Å². The number of hydrogen-bond acceptors (Lipinski definition) is 2. The van der Waals surface area contributed by atoms with E-state index in [1.165, 1.54) is 5.56 Å². The molecule has 0 heterocycles. The fraction of sp³-hybridized carbons (Fsp3) is 0.526. The number of alkyl carbamates (subject to hydrolysis) is 1. The smallest absolute Gasteiger partial charge is 0.408 e. The monoisotopic (exact) mass is 381 g/mol. The zero-order valence-electron chi connectivity index (χ0n) is 14.6. The van der Waals surface area contributed by atoms with Crippen LogP contribution >= 0.6 is 15.9 Å². The predicted octanol–water partition coefficient (Wildman–Crippen LogP) is 5.63. The molecule has 1 rings (SSSR count). The Hall–Kier alpha value is -1.29. The molecule has 0 bridgehead atoms. The fourth-order valence-electron chi connectivity index (χ4n) is 2.11. The summed E-state index contributed by atoms with van der Waals surface area (Å²) in [6.07, 6.45) is 7.67. The van der Waals surface area contributed by atoms with Crippen molar-refractivity contribution in [1.29, 1.82) is 0 Å². The number of ether oxygens (including phenoxy) is 1. The van der Waals surface area contributed by atoms with Crippen LogP contribution in [0.15, 0.2) is 40.9 Å². The number of aryl methyl sites for hydroxylation is 1. The van der Waals surface area contributed by atoms with E-state index in [1.54, 1.807) is 0 Å². The summed E-state index contributed by atoms with van der Waals surface area (Å²) in [7, 11) is 0. The molecule has 4 heteroatoms. The molecule has 128 valence electrons. The summed E-state index contributed by atoms with van der Waals surface area (Å²) in [4.78, 5) is 12.0. The van der Waals surface area contributed by atoms with E-state index >= 15 is 0 Å². The fourth-order valence-corrected chi connectivity index (χ4v) is 2.60. The van der Waals surface area contributed by atoms with Gasteiger partial charge in [0, 0.05) is 4.47 Å². The van der Waals surface area contributed by atoms with Gasteiger partial charge in [0.1, 0.15) is 5.60 Å². The molecule has 0 unspecified atom stereocenters.